The van der Waals surface area contributed by atoms with Crippen molar-refractivity contribution in [2.24, 2.45) is 0 Å². The van der Waals surface area contributed by atoms with Crippen LogP contribution in [-0.4, -0.2) is 79.2 Å². The third-order valence-corrected chi connectivity index (χ3v) is 5.85. The van der Waals surface area contributed by atoms with Crippen molar-refractivity contribution >= 4 is 0 Å². The first-order valence-corrected chi connectivity index (χ1v) is 8.91. The Labute approximate surface area is 140 Å². The molecule has 0 bridgehead atoms. The Morgan fingerprint density at radius 3 is 2.43 bits per heavy atom. The second-order valence-electron chi connectivity index (χ2n) is 7.41. The number of benzene rings is 1. The third kappa shape index (κ3) is 3.77. The molecule has 1 aliphatic carbocycles. The van der Waals surface area contributed by atoms with Crippen molar-refractivity contribution in [2.45, 2.75) is 37.5 Å². The van der Waals surface area contributed by atoms with Crippen molar-refractivity contribution in [1.82, 2.24) is 14.7 Å². The molecule has 1 saturated heterocycles. The van der Waals surface area contributed by atoms with Gasteiger partial charge >= 0.3 is 0 Å². The van der Waals surface area contributed by atoms with Crippen LogP contribution in [0.1, 0.15) is 30.1 Å². The summed E-state index contributed by atoms with van der Waals surface area (Å²) in [5.41, 5.74) is 2.42. The van der Waals surface area contributed by atoms with E-state index in [1.807, 2.05) is 6.07 Å². The van der Waals surface area contributed by atoms with Gasteiger partial charge in [-0.1, -0.05) is 24.3 Å². The summed E-state index contributed by atoms with van der Waals surface area (Å²) in [5, 5.41) is 10.6. The number of rotatable bonds is 5. The van der Waals surface area contributed by atoms with Gasteiger partial charge in [-0.05, 0) is 64.6 Å². The lowest BCUT2D eigenvalue weighted by molar-refractivity contribution is 0.0639. The van der Waals surface area contributed by atoms with Crippen molar-refractivity contribution in [2.75, 3.05) is 47.3 Å². The lowest BCUT2D eigenvalue weighted by Gasteiger charge is -2.36. The van der Waals surface area contributed by atoms with E-state index in [0.717, 1.165) is 25.1 Å². The number of hydrogen-bond acceptors (Lipinski definition) is 4. The Bertz CT molecular complexity index is 513. The van der Waals surface area contributed by atoms with Gasteiger partial charge in [0, 0.05) is 25.2 Å². The van der Waals surface area contributed by atoms with Crippen molar-refractivity contribution in [1.29, 1.82) is 0 Å². The topological polar surface area (TPSA) is 30.0 Å². The molecule has 2 aliphatic rings. The van der Waals surface area contributed by atoms with E-state index in [9.17, 15) is 5.11 Å². The van der Waals surface area contributed by atoms with Crippen molar-refractivity contribution in [3.63, 3.8) is 0 Å². The standard InChI is InChI=1S/C19H31N3O/c1-20-10-8-16(9-11-20)21(2)12-13-22(3)18-14-15-6-4-5-7-17(15)19(18)23/h4-7,16,18-19,23H,8-14H2,1-3H3. The number of fused-ring (bicyclic) bond motifs is 1. The molecule has 1 N–H and O–H groups in total. The molecule has 0 radical (unpaired) electrons. The van der Waals surface area contributed by atoms with Crippen molar-refractivity contribution < 1.29 is 5.11 Å². The molecule has 0 saturated carbocycles. The van der Waals surface area contributed by atoms with Gasteiger partial charge in [0.25, 0.3) is 0 Å². The molecule has 128 valence electrons. The molecule has 2 atom stereocenters. The smallest absolute Gasteiger partial charge is 0.0950 e. The third-order valence-electron chi connectivity index (χ3n) is 5.85. The van der Waals surface area contributed by atoms with Crippen LogP contribution in [0.15, 0.2) is 24.3 Å². The van der Waals surface area contributed by atoms with Crippen LogP contribution in [0.3, 0.4) is 0 Å². The SMILES string of the molecule is CN1CCC(N(C)CCN(C)C2Cc3ccccc3C2O)CC1. The van der Waals surface area contributed by atoms with Crippen molar-refractivity contribution in [3.05, 3.63) is 35.4 Å². The molecule has 0 aromatic heterocycles. The average molecular weight is 317 g/mol. The van der Waals surface area contributed by atoms with E-state index in [0.29, 0.717) is 6.04 Å². The van der Waals surface area contributed by atoms with Gasteiger partial charge in [-0.15, -0.1) is 0 Å². The van der Waals surface area contributed by atoms with E-state index in [2.05, 4.69) is 54.0 Å². The van der Waals surface area contributed by atoms with Crippen LogP contribution >= 0.6 is 0 Å². The van der Waals surface area contributed by atoms with E-state index in [1.165, 1.54) is 31.5 Å². The van der Waals surface area contributed by atoms with Gasteiger partial charge < -0.3 is 14.9 Å². The van der Waals surface area contributed by atoms with Crippen LogP contribution in [0, 0.1) is 0 Å². The lowest BCUT2D eigenvalue weighted by atomic mass is 10.0. The lowest BCUT2D eigenvalue weighted by Crippen LogP contribution is -2.46. The van der Waals surface area contributed by atoms with E-state index in [-0.39, 0.29) is 12.1 Å². The summed E-state index contributed by atoms with van der Waals surface area (Å²) in [5.74, 6) is 0. The molecule has 4 nitrogen and oxygen atoms in total. The highest BCUT2D eigenvalue weighted by molar-refractivity contribution is 5.35. The quantitative estimate of drug-likeness (QED) is 0.893. The normalized spacial score (nSPS) is 26.2. The fourth-order valence-electron chi connectivity index (χ4n) is 4.05. The second kappa shape index (κ2) is 7.31. The molecule has 1 fully saturated rings. The van der Waals surface area contributed by atoms with Gasteiger partial charge in [0.15, 0.2) is 0 Å². The fraction of sp³-hybridized carbons (Fsp3) is 0.684. The van der Waals surface area contributed by atoms with Crippen LogP contribution in [0.4, 0.5) is 0 Å². The Morgan fingerprint density at radius 1 is 1.09 bits per heavy atom. The molecule has 1 heterocycles. The van der Waals surface area contributed by atoms with Crippen LogP contribution < -0.4 is 0 Å². The molecular weight excluding hydrogens is 286 g/mol. The highest BCUT2D eigenvalue weighted by Crippen LogP contribution is 2.33. The highest BCUT2D eigenvalue weighted by Gasteiger charge is 2.33. The zero-order valence-corrected chi connectivity index (χ0v) is 14.8. The number of likely N-dealkylation sites (tertiary alicyclic amines) is 1. The van der Waals surface area contributed by atoms with Gasteiger partial charge in [-0.2, -0.15) is 0 Å². The van der Waals surface area contributed by atoms with Gasteiger partial charge in [0.2, 0.25) is 0 Å². The van der Waals surface area contributed by atoms with Crippen LogP contribution in [0.25, 0.3) is 0 Å². The van der Waals surface area contributed by atoms with E-state index in [1.54, 1.807) is 0 Å². The summed E-state index contributed by atoms with van der Waals surface area (Å²) in [4.78, 5) is 7.27. The predicted octanol–water partition coefficient (Wildman–Crippen LogP) is 1.60. The Balaban J connectivity index is 1.49. The van der Waals surface area contributed by atoms with Gasteiger partial charge in [-0.3, -0.25) is 4.90 Å². The number of aliphatic hydroxyl groups is 1. The van der Waals surface area contributed by atoms with Crippen LogP contribution in [-0.2, 0) is 6.42 Å². The molecular formula is C19H31N3O. The van der Waals surface area contributed by atoms with Crippen molar-refractivity contribution in [3.8, 4) is 0 Å². The molecule has 2 unspecified atom stereocenters. The first-order valence-electron chi connectivity index (χ1n) is 8.91. The summed E-state index contributed by atoms with van der Waals surface area (Å²) in [6.45, 7) is 4.51. The molecule has 3 rings (SSSR count). The minimum Gasteiger partial charge on any atom is -0.387 e. The Morgan fingerprint density at radius 2 is 1.74 bits per heavy atom. The molecule has 0 spiro atoms. The Hall–Kier alpha value is -0.940. The minimum atomic E-state index is -0.343. The van der Waals surface area contributed by atoms with E-state index in [4.69, 9.17) is 0 Å². The average Bonchev–Trinajstić information content (AvgIpc) is 2.90. The fourth-order valence-corrected chi connectivity index (χ4v) is 4.05. The Kier molecular flexibility index (Phi) is 5.37. The largest absolute Gasteiger partial charge is 0.387 e. The predicted molar refractivity (Wildman–Crippen MR) is 94.7 cm³/mol. The van der Waals surface area contributed by atoms with Gasteiger partial charge in [0.1, 0.15) is 0 Å². The van der Waals surface area contributed by atoms with Crippen LogP contribution in [0.2, 0.25) is 0 Å². The molecule has 1 aliphatic heterocycles. The van der Waals surface area contributed by atoms with Crippen LogP contribution in [0.5, 0.6) is 0 Å². The number of nitrogens with zero attached hydrogens (tertiary/aromatic N) is 3. The molecule has 4 heteroatoms. The minimum absolute atomic E-state index is 0.221. The van der Waals surface area contributed by atoms with E-state index < -0.39 is 0 Å². The number of piperidine rings is 1. The molecule has 1 aromatic carbocycles. The summed E-state index contributed by atoms with van der Waals surface area (Å²) in [6, 6.07) is 9.25. The summed E-state index contributed by atoms with van der Waals surface area (Å²) in [7, 11) is 6.62. The first kappa shape index (κ1) is 16.9. The second-order valence-corrected chi connectivity index (χ2v) is 7.41. The monoisotopic (exact) mass is 317 g/mol. The number of likely N-dealkylation sites (N-methyl/N-ethyl adjacent to an activating group) is 2. The molecule has 23 heavy (non-hydrogen) atoms. The molecule has 0 amide bonds. The summed E-state index contributed by atoms with van der Waals surface area (Å²) < 4.78 is 0. The maximum Gasteiger partial charge on any atom is 0.0950 e. The first-order chi connectivity index (χ1) is 11.1. The van der Waals surface area contributed by atoms with Gasteiger partial charge in [0.05, 0.1) is 6.10 Å². The summed E-state index contributed by atoms with van der Waals surface area (Å²) in [6.07, 6.45) is 3.17. The zero-order chi connectivity index (χ0) is 16.4. The summed E-state index contributed by atoms with van der Waals surface area (Å²) >= 11 is 0. The maximum absolute atomic E-state index is 10.6. The highest BCUT2D eigenvalue weighted by atomic mass is 16.3. The van der Waals surface area contributed by atoms with Gasteiger partial charge in [-0.25, -0.2) is 0 Å². The number of aliphatic hydroxyl groups excluding tert-OH is 1. The zero-order valence-electron chi connectivity index (χ0n) is 14.8. The number of hydrogen-bond donors (Lipinski definition) is 1. The molecule has 1 aromatic rings. The maximum atomic E-state index is 10.6. The van der Waals surface area contributed by atoms with E-state index >= 15 is 0 Å².